The van der Waals surface area contributed by atoms with Crippen LogP contribution in [0.4, 0.5) is 0 Å². The summed E-state index contributed by atoms with van der Waals surface area (Å²) >= 11 is 3.23. The van der Waals surface area contributed by atoms with Gasteiger partial charge in [-0.25, -0.2) is 4.79 Å². The second-order valence-electron chi connectivity index (χ2n) is 3.63. The van der Waals surface area contributed by atoms with Crippen molar-refractivity contribution in [3.63, 3.8) is 0 Å². The number of hydrogen-bond acceptors (Lipinski definition) is 3. The number of hydrogen-bond donors (Lipinski definition) is 1. The van der Waals surface area contributed by atoms with Gasteiger partial charge in [0.25, 0.3) is 0 Å². The summed E-state index contributed by atoms with van der Waals surface area (Å²) in [5.74, 6) is -0.575. The molecule has 0 aromatic carbocycles. The van der Waals surface area contributed by atoms with Gasteiger partial charge < -0.3 is 10.1 Å². The minimum atomic E-state index is -0.575. The van der Waals surface area contributed by atoms with Crippen LogP contribution in [0.2, 0.25) is 0 Å². The zero-order chi connectivity index (χ0) is 12.0. The number of ether oxygens (including phenoxy) is 1. The monoisotopic (exact) mass is 279 g/mol. The summed E-state index contributed by atoms with van der Waals surface area (Å²) in [6.45, 7) is 5.61. The van der Waals surface area contributed by atoms with Crippen molar-refractivity contribution in [2.24, 2.45) is 5.92 Å². The molecule has 0 aromatic heterocycles. The molecule has 0 saturated heterocycles. The van der Waals surface area contributed by atoms with Gasteiger partial charge in [-0.05, 0) is 12.3 Å². The molecule has 1 amide bonds. The SMILES string of the molecule is CCC(Br)C(=O)N[C@H](C(=O)OC)C(C)C. The predicted molar refractivity (Wildman–Crippen MR) is 61.8 cm³/mol. The summed E-state index contributed by atoms with van der Waals surface area (Å²) in [4.78, 5) is 22.6. The van der Waals surface area contributed by atoms with Crippen molar-refractivity contribution in [3.8, 4) is 0 Å². The van der Waals surface area contributed by atoms with Gasteiger partial charge in [0.15, 0.2) is 0 Å². The van der Waals surface area contributed by atoms with Crippen molar-refractivity contribution in [1.29, 1.82) is 0 Å². The fraction of sp³-hybridized carbons (Fsp3) is 0.800. The molecule has 0 radical (unpaired) electrons. The first-order chi connectivity index (χ1) is 6.93. The van der Waals surface area contributed by atoms with Gasteiger partial charge in [-0.3, -0.25) is 4.79 Å². The standard InChI is InChI=1S/C10H18BrNO3/c1-5-7(11)9(13)12-8(6(2)3)10(14)15-4/h6-8H,5H2,1-4H3,(H,12,13)/t7?,8-/m0/s1. The van der Waals surface area contributed by atoms with Gasteiger partial charge in [0.05, 0.1) is 11.9 Å². The fourth-order valence-corrected chi connectivity index (χ4v) is 1.19. The minimum Gasteiger partial charge on any atom is -0.467 e. The summed E-state index contributed by atoms with van der Waals surface area (Å²) in [5, 5.41) is 2.66. The third-order valence-corrected chi connectivity index (χ3v) is 3.13. The average molecular weight is 280 g/mol. The normalized spacial score (nSPS) is 14.5. The summed E-state index contributed by atoms with van der Waals surface area (Å²) in [7, 11) is 1.31. The number of rotatable bonds is 5. The van der Waals surface area contributed by atoms with Crippen LogP contribution < -0.4 is 5.32 Å². The zero-order valence-corrected chi connectivity index (χ0v) is 11.1. The molecule has 5 heteroatoms. The van der Waals surface area contributed by atoms with Crippen molar-refractivity contribution in [1.82, 2.24) is 5.32 Å². The van der Waals surface area contributed by atoms with Crippen LogP contribution in [0, 0.1) is 5.92 Å². The van der Waals surface area contributed by atoms with Crippen LogP contribution in [0.15, 0.2) is 0 Å². The molecule has 0 aliphatic heterocycles. The molecular formula is C10H18BrNO3. The van der Waals surface area contributed by atoms with Gasteiger partial charge in [-0.1, -0.05) is 36.7 Å². The highest BCUT2D eigenvalue weighted by molar-refractivity contribution is 9.10. The Morgan fingerprint density at radius 2 is 1.93 bits per heavy atom. The van der Waals surface area contributed by atoms with Crippen molar-refractivity contribution < 1.29 is 14.3 Å². The molecule has 1 N–H and O–H groups in total. The molecule has 0 aliphatic rings. The largest absolute Gasteiger partial charge is 0.467 e. The molecule has 4 nitrogen and oxygen atoms in total. The van der Waals surface area contributed by atoms with E-state index in [-0.39, 0.29) is 16.7 Å². The molecule has 0 rings (SSSR count). The second kappa shape index (κ2) is 6.82. The van der Waals surface area contributed by atoms with Crippen LogP contribution in [0.5, 0.6) is 0 Å². The summed E-state index contributed by atoms with van der Waals surface area (Å²) in [6.07, 6.45) is 0.678. The van der Waals surface area contributed by atoms with Gasteiger partial charge in [0.1, 0.15) is 6.04 Å². The summed E-state index contributed by atoms with van der Waals surface area (Å²) in [6, 6.07) is -0.575. The molecule has 0 heterocycles. The Balaban J connectivity index is 4.42. The lowest BCUT2D eigenvalue weighted by Crippen LogP contribution is -2.47. The Labute approximate surface area is 98.9 Å². The van der Waals surface area contributed by atoms with E-state index in [0.717, 1.165) is 0 Å². The quantitative estimate of drug-likeness (QED) is 0.613. The second-order valence-corrected chi connectivity index (χ2v) is 4.73. The number of nitrogens with one attached hydrogen (secondary N) is 1. The number of carbonyl (C=O) groups is 2. The Morgan fingerprint density at radius 3 is 2.27 bits per heavy atom. The number of alkyl halides is 1. The van der Waals surface area contributed by atoms with Gasteiger partial charge in [-0.2, -0.15) is 0 Å². The van der Waals surface area contributed by atoms with E-state index in [4.69, 9.17) is 0 Å². The predicted octanol–water partition coefficient (Wildman–Crippen LogP) is 1.47. The first-order valence-electron chi connectivity index (χ1n) is 4.96. The zero-order valence-electron chi connectivity index (χ0n) is 9.54. The van der Waals surface area contributed by atoms with Gasteiger partial charge in [0.2, 0.25) is 5.91 Å². The number of halogens is 1. The van der Waals surface area contributed by atoms with Gasteiger partial charge >= 0.3 is 5.97 Å². The van der Waals surface area contributed by atoms with E-state index in [1.807, 2.05) is 20.8 Å². The Bertz CT molecular complexity index is 231. The van der Waals surface area contributed by atoms with E-state index in [9.17, 15) is 9.59 Å². The molecule has 15 heavy (non-hydrogen) atoms. The van der Waals surface area contributed by atoms with Crippen LogP contribution in [0.1, 0.15) is 27.2 Å². The van der Waals surface area contributed by atoms with Crippen LogP contribution in [0.25, 0.3) is 0 Å². The molecule has 0 fully saturated rings. The number of amides is 1. The summed E-state index contributed by atoms with van der Waals surface area (Å²) < 4.78 is 4.62. The van der Waals surface area contributed by atoms with E-state index in [2.05, 4.69) is 26.0 Å². The number of methoxy groups -OCH3 is 1. The highest BCUT2D eigenvalue weighted by atomic mass is 79.9. The molecule has 0 aromatic rings. The fourth-order valence-electron chi connectivity index (χ4n) is 1.05. The third kappa shape index (κ3) is 4.64. The van der Waals surface area contributed by atoms with Crippen molar-refractivity contribution in [2.45, 2.75) is 38.1 Å². The van der Waals surface area contributed by atoms with Crippen molar-refractivity contribution in [2.75, 3.05) is 7.11 Å². The maximum Gasteiger partial charge on any atom is 0.328 e. The van der Waals surface area contributed by atoms with Gasteiger partial charge in [-0.15, -0.1) is 0 Å². The lowest BCUT2D eigenvalue weighted by atomic mass is 10.0. The first kappa shape index (κ1) is 14.4. The maximum atomic E-state index is 11.5. The van der Waals surface area contributed by atoms with E-state index < -0.39 is 12.0 Å². The van der Waals surface area contributed by atoms with Gasteiger partial charge in [0, 0.05) is 0 Å². The Morgan fingerprint density at radius 1 is 1.40 bits per heavy atom. The molecule has 88 valence electrons. The van der Waals surface area contributed by atoms with E-state index in [1.165, 1.54) is 7.11 Å². The molecule has 2 atom stereocenters. The van der Waals surface area contributed by atoms with Crippen molar-refractivity contribution >= 4 is 27.8 Å². The minimum absolute atomic E-state index is 0.0120. The molecule has 0 bridgehead atoms. The van der Waals surface area contributed by atoms with E-state index in [0.29, 0.717) is 6.42 Å². The molecular weight excluding hydrogens is 262 g/mol. The van der Waals surface area contributed by atoms with Crippen LogP contribution >= 0.6 is 15.9 Å². The highest BCUT2D eigenvalue weighted by Crippen LogP contribution is 2.08. The van der Waals surface area contributed by atoms with E-state index in [1.54, 1.807) is 0 Å². The Kier molecular flexibility index (Phi) is 6.56. The van der Waals surface area contributed by atoms with Crippen molar-refractivity contribution in [3.05, 3.63) is 0 Å². The van der Waals surface area contributed by atoms with Crippen LogP contribution in [0.3, 0.4) is 0 Å². The molecule has 0 spiro atoms. The molecule has 0 aliphatic carbocycles. The lowest BCUT2D eigenvalue weighted by molar-refractivity contribution is -0.146. The maximum absolute atomic E-state index is 11.5. The number of esters is 1. The average Bonchev–Trinajstić information content (AvgIpc) is 2.22. The first-order valence-corrected chi connectivity index (χ1v) is 5.87. The van der Waals surface area contributed by atoms with Crippen LogP contribution in [-0.2, 0) is 14.3 Å². The van der Waals surface area contributed by atoms with Crippen LogP contribution in [-0.4, -0.2) is 29.9 Å². The lowest BCUT2D eigenvalue weighted by Gasteiger charge is -2.20. The third-order valence-electron chi connectivity index (χ3n) is 2.06. The molecule has 1 unspecified atom stereocenters. The Hall–Kier alpha value is -0.580. The smallest absolute Gasteiger partial charge is 0.328 e. The summed E-state index contributed by atoms with van der Waals surface area (Å²) in [5.41, 5.74) is 0. The highest BCUT2D eigenvalue weighted by Gasteiger charge is 2.26. The van der Waals surface area contributed by atoms with E-state index >= 15 is 0 Å². The molecule has 0 saturated carbocycles. The number of carbonyl (C=O) groups excluding carboxylic acids is 2. The topological polar surface area (TPSA) is 55.4 Å².